The van der Waals surface area contributed by atoms with Gasteiger partial charge in [0, 0.05) is 6.54 Å². The number of nitrogens with zero attached hydrogens (tertiary/aromatic N) is 1. The van der Waals surface area contributed by atoms with E-state index >= 15 is 0 Å². The molecule has 0 radical (unpaired) electrons. The van der Waals surface area contributed by atoms with Gasteiger partial charge in [-0.25, -0.2) is 4.39 Å². The van der Waals surface area contributed by atoms with Gasteiger partial charge in [-0.15, -0.1) is 0 Å². The molecule has 3 nitrogen and oxygen atoms in total. The molecule has 104 valence electrons. The Morgan fingerprint density at radius 2 is 2.05 bits per heavy atom. The van der Waals surface area contributed by atoms with E-state index in [9.17, 15) is 9.18 Å². The van der Waals surface area contributed by atoms with Crippen molar-refractivity contribution < 1.29 is 9.18 Å². The van der Waals surface area contributed by atoms with Gasteiger partial charge in [0.2, 0.25) is 5.91 Å². The maximum Gasteiger partial charge on any atom is 0.244 e. The molecule has 1 atom stereocenters. The van der Waals surface area contributed by atoms with Gasteiger partial charge in [0.05, 0.1) is 21.8 Å². The lowest BCUT2D eigenvalue weighted by Crippen LogP contribution is -2.51. The highest BCUT2D eigenvalue weighted by Crippen LogP contribution is 2.36. The molecule has 1 amide bonds. The van der Waals surface area contributed by atoms with Gasteiger partial charge < -0.3 is 10.2 Å². The molecule has 0 aliphatic carbocycles. The number of anilines is 1. The minimum atomic E-state index is -0.508. The van der Waals surface area contributed by atoms with E-state index in [1.54, 1.807) is 4.90 Å². The molecule has 1 N–H and O–H groups in total. The average Bonchev–Trinajstić information content (AvgIpc) is 2.32. The van der Waals surface area contributed by atoms with Crippen LogP contribution in [-0.4, -0.2) is 25.0 Å². The first-order valence-electron chi connectivity index (χ1n) is 6.24. The van der Waals surface area contributed by atoms with Crippen LogP contribution in [0.1, 0.15) is 19.8 Å². The number of hydrogen-bond acceptors (Lipinski definition) is 2. The van der Waals surface area contributed by atoms with Gasteiger partial charge in [0.25, 0.3) is 0 Å². The summed E-state index contributed by atoms with van der Waals surface area (Å²) in [6, 6.07) is 2.12. The minimum absolute atomic E-state index is 0.0662. The van der Waals surface area contributed by atoms with Crippen molar-refractivity contribution in [1.29, 1.82) is 0 Å². The monoisotopic (exact) mass is 304 g/mol. The summed E-state index contributed by atoms with van der Waals surface area (Å²) in [4.78, 5) is 13.9. The van der Waals surface area contributed by atoms with Crippen molar-refractivity contribution in [2.45, 2.75) is 25.8 Å². The van der Waals surface area contributed by atoms with Crippen molar-refractivity contribution in [3.63, 3.8) is 0 Å². The van der Waals surface area contributed by atoms with E-state index in [4.69, 9.17) is 23.2 Å². The molecule has 1 unspecified atom stereocenters. The summed E-state index contributed by atoms with van der Waals surface area (Å²) in [5.74, 6) is -0.574. The molecule has 6 heteroatoms. The molecule has 0 aromatic heterocycles. The zero-order valence-electron chi connectivity index (χ0n) is 10.5. The average molecular weight is 305 g/mol. The molecule has 19 heavy (non-hydrogen) atoms. The number of halogens is 3. The summed E-state index contributed by atoms with van der Waals surface area (Å²) in [6.45, 7) is 3.21. The largest absolute Gasteiger partial charge is 0.308 e. The van der Waals surface area contributed by atoms with Gasteiger partial charge in [-0.1, -0.05) is 30.1 Å². The molecule has 1 heterocycles. The Morgan fingerprint density at radius 3 is 2.63 bits per heavy atom. The van der Waals surface area contributed by atoms with E-state index < -0.39 is 5.82 Å². The highest BCUT2D eigenvalue weighted by molar-refractivity contribution is 6.40. The number of amides is 1. The van der Waals surface area contributed by atoms with E-state index in [-0.39, 0.29) is 22.0 Å². The Hall–Kier alpha value is -0.840. The molecule has 1 aromatic rings. The fraction of sp³-hybridized carbons (Fsp3) is 0.462. The summed E-state index contributed by atoms with van der Waals surface area (Å²) in [5, 5.41) is 3.46. The normalized spacial score (nSPS) is 19.9. The second kappa shape index (κ2) is 6.07. The smallest absolute Gasteiger partial charge is 0.244 e. The molecule has 1 fully saturated rings. The third-order valence-electron chi connectivity index (χ3n) is 3.14. The van der Waals surface area contributed by atoms with Crippen molar-refractivity contribution in [3.8, 4) is 0 Å². The maximum absolute atomic E-state index is 13.2. The summed E-state index contributed by atoms with van der Waals surface area (Å²) in [6.07, 6.45) is 1.65. The predicted molar refractivity (Wildman–Crippen MR) is 75.5 cm³/mol. The van der Waals surface area contributed by atoms with E-state index in [0.29, 0.717) is 12.2 Å². The molecule has 2 rings (SSSR count). The predicted octanol–water partition coefficient (Wildman–Crippen LogP) is 3.24. The molecule has 0 saturated carbocycles. The molecule has 0 bridgehead atoms. The van der Waals surface area contributed by atoms with Gasteiger partial charge in [0.15, 0.2) is 0 Å². The zero-order valence-corrected chi connectivity index (χ0v) is 12.1. The van der Waals surface area contributed by atoms with Gasteiger partial charge in [-0.05, 0) is 31.5 Å². The van der Waals surface area contributed by atoms with Gasteiger partial charge in [-0.2, -0.15) is 0 Å². The number of piperidine rings is 1. The van der Waals surface area contributed by atoms with Crippen molar-refractivity contribution in [2.75, 3.05) is 18.0 Å². The number of carbonyl (C=O) groups is 1. The lowest BCUT2D eigenvalue weighted by Gasteiger charge is -2.33. The van der Waals surface area contributed by atoms with Crippen LogP contribution in [0.4, 0.5) is 10.1 Å². The fourth-order valence-corrected chi connectivity index (χ4v) is 2.99. The number of nitrogens with one attached hydrogen (secondary N) is 1. The van der Waals surface area contributed by atoms with Crippen LogP contribution in [0.5, 0.6) is 0 Å². The molecule has 1 saturated heterocycles. The summed E-state index contributed by atoms with van der Waals surface area (Å²) >= 11 is 12.0. The van der Waals surface area contributed by atoms with Gasteiger partial charge >= 0.3 is 0 Å². The second-order valence-corrected chi connectivity index (χ2v) is 5.27. The summed E-state index contributed by atoms with van der Waals surface area (Å²) in [7, 11) is 0. The van der Waals surface area contributed by atoms with Crippen molar-refractivity contribution in [3.05, 3.63) is 28.0 Å². The van der Waals surface area contributed by atoms with Crippen LogP contribution in [0.15, 0.2) is 12.1 Å². The van der Waals surface area contributed by atoms with Crippen LogP contribution in [0.2, 0.25) is 10.0 Å². The minimum Gasteiger partial charge on any atom is -0.308 e. The van der Waals surface area contributed by atoms with Crippen LogP contribution in [-0.2, 0) is 4.79 Å². The Kier molecular flexibility index (Phi) is 4.66. The number of likely N-dealkylation sites (N-methyl/N-ethyl adjacent to an activating group) is 1. The maximum atomic E-state index is 13.2. The van der Waals surface area contributed by atoms with Crippen LogP contribution in [0, 0.1) is 5.82 Å². The Balaban J connectivity index is 2.33. The van der Waals surface area contributed by atoms with Crippen molar-refractivity contribution >= 4 is 34.8 Å². The topological polar surface area (TPSA) is 32.3 Å². The van der Waals surface area contributed by atoms with E-state index in [1.807, 2.05) is 6.92 Å². The highest BCUT2D eigenvalue weighted by Gasteiger charge is 2.31. The number of rotatable bonds is 3. The van der Waals surface area contributed by atoms with Crippen molar-refractivity contribution in [1.82, 2.24) is 5.32 Å². The lowest BCUT2D eigenvalue weighted by molar-refractivity contribution is -0.121. The quantitative estimate of drug-likeness (QED) is 0.930. The number of hydrogen-bond donors (Lipinski definition) is 1. The molecule has 1 aliphatic rings. The third-order valence-corrected chi connectivity index (χ3v) is 3.72. The summed E-state index contributed by atoms with van der Waals surface area (Å²) < 4.78 is 13.2. The van der Waals surface area contributed by atoms with Crippen molar-refractivity contribution in [2.24, 2.45) is 0 Å². The standard InChI is InChI=1S/C13H15Cl2FN2O/c1-2-17-11-4-3-5-18(13(11)19)12-9(14)6-8(16)7-10(12)15/h6-7,11,17H,2-5H2,1H3. The zero-order chi connectivity index (χ0) is 14.0. The molecule has 0 spiro atoms. The second-order valence-electron chi connectivity index (χ2n) is 4.46. The highest BCUT2D eigenvalue weighted by atomic mass is 35.5. The molecule has 1 aromatic carbocycles. The fourth-order valence-electron chi connectivity index (χ4n) is 2.33. The van der Waals surface area contributed by atoms with Crippen LogP contribution in [0.25, 0.3) is 0 Å². The lowest BCUT2D eigenvalue weighted by atomic mass is 10.0. The van der Waals surface area contributed by atoms with Gasteiger partial charge in [0.1, 0.15) is 5.82 Å². The summed E-state index contributed by atoms with van der Waals surface area (Å²) in [5.41, 5.74) is 0.400. The Labute approximate surface area is 121 Å². The first-order valence-corrected chi connectivity index (χ1v) is 6.99. The first-order chi connectivity index (χ1) is 9.04. The molecular formula is C13H15Cl2FN2O. The van der Waals surface area contributed by atoms with Crippen LogP contribution in [0.3, 0.4) is 0 Å². The van der Waals surface area contributed by atoms with E-state index in [1.165, 1.54) is 12.1 Å². The first kappa shape index (κ1) is 14.6. The van der Waals surface area contributed by atoms with Gasteiger partial charge in [-0.3, -0.25) is 4.79 Å². The van der Waals surface area contributed by atoms with E-state index in [2.05, 4.69) is 5.32 Å². The Bertz CT molecular complexity index is 471. The van der Waals surface area contributed by atoms with Crippen LogP contribution < -0.4 is 10.2 Å². The van der Waals surface area contributed by atoms with E-state index in [0.717, 1.165) is 19.4 Å². The molecule has 1 aliphatic heterocycles. The Morgan fingerprint density at radius 1 is 1.42 bits per heavy atom. The van der Waals surface area contributed by atoms with Crippen LogP contribution >= 0.6 is 23.2 Å². The third kappa shape index (κ3) is 3.02. The molecular weight excluding hydrogens is 290 g/mol. The SMILES string of the molecule is CCNC1CCCN(c2c(Cl)cc(F)cc2Cl)C1=O. The number of carbonyl (C=O) groups excluding carboxylic acids is 1. The number of benzene rings is 1.